The number of aryl methyl sites for hydroxylation is 1. The van der Waals surface area contributed by atoms with E-state index in [-0.39, 0.29) is 6.04 Å². The number of hydrogen-bond donors (Lipinski definition) is 1. The van der Waals surface area contributed by atoms with Crippen molar-refractivity contribution < 1.29 is 9.53 Å². The van der Waals surface area contributed by atoms with Gasteiger partial charge in [-0.3, -0.25) is 0 Å². The molecule has 0 spiro atoms. The van der Waals surface area contributed by atoms with E-state index in [1.807, 2.05) is 20.8 Å². The second-order valence-electron chi connectivity index (χ2n) is 3.72. The Bertz CT molecular complexity index is 360. The third kappa shape index (κ3) is 2.54. The second-order valence-corrected chi connectivity index (χ2v) is 4.95. The minimum absolute atomic E-state index is 0.118. The largest absolute Gasteiger partial charge is 0.464 e. The molecule has 1 heterocycles. The van der Waals surface area contributed by atoms with Gasteiger partial charge >= 0.3 is 5.97 Å². The molecule has 0 aliphatic rings. The number of esters is 1. The van der Waals surface area contributed by atoms with E-state index < -0.39 is 5.97 Å². The number of nitrogens with zero attached hydrogens (tertiary/aromatic N) is 1. The van der Waals surface area contributed by atoms with E-state index in [4.69, 9.17) is 5.73 Å². The highest BCUT2D eigenvalue weighted by atomic mass is 32.1. The number of carbonyl (C=O) groups is 1. The van der Waals surface area contributed by atoms with Gasteiger partial charge in [-0.25, -0.2) is 9.78 Å². The molecule has 0 fully saturated rings. The average Bonchev–Trinajstić information content (AvgIpc) is 2.57. The van der Waals surface area contributed by atoms with Crippen LogP contribution < -0.4 is 5.73 Å². The van der Waals surface area contributed by atoms with Gasteiger partial charge in [-0.15, -0.1) is 11.3 Å². The van der Waals surface area contributed by atoms with Crippen LogP contribution >= 0.6 is 11.3 Å². The summed E-state index contributed by atoms with van der Waals surface area (Å²) >= 11 is 1.46. The molecule has 0 bridgehead atoms. The molecule has 4 nitrogen and oxygen atoms in total. The van der Waals surface area contributed by atoms with E-state index in [2.05, 4.69) is 9.72 Å². The van der Waals surface area contributed by atoms with Crippen LogP contribution in [0.4, 0.5) is 0 Å². The van der Waals surface area contributed by atoms with Gasteiger partial charge in [0.1, 0.15) is 5.01 Å². The molecule has 0 radical (unpaired) electrons. The van der Waals surface area contributed by atoms with Crippen molar-refractivity contribution in [1.29, 1.82) is 0 Å². The van der Waals surface area contributed by atoms with Crippen molar-refractivity contribution in [2.45, 2.75) is 26.8 Å². The zero-order valence-electron chi connectivity index (χ0n) is 9.40. The first kappa shape index (κ1) is 12.1. The van der Waals surface area contributed by atoms with Gasteiger partial charge < -0.3 is 10.5 Å². The summed E-state index contributed by atoms with van der Waals surface area (Å²) in [5, 5.41) is 0.794. The van der Waals surface area contributed by atoms with Crippen LogP contribution in [0.3, 0.4) is 0 Å². The molecule has 0 amide bonds. The molecule has 0 aromatic carbocycles. The maximum atomic E-state index is 11.3. The Morgan fingerprint density at radius 2 is 2.13 bits per heavy atom. The molecule has 1 unspecified atom stereocenters. The molecule has 0 aliphatic heterocycles. The van der Waals surface area contributed by atoms with Gasteiger partial charge in [-0.1, -0.05) is 13.8 Å². The molecule has 0 saturated heterocycles. The molecule has 5 heteroatoms. The predicted molar refractivity (Wildman–Crippen MR) is 60.0 cm³/mol. The Hall–Kier alpha value is -0.940. The number of aromatic nitrogens is 1. The standard InChI is InChI=1S/C10H16N2O2S/c1-5(2)7(11)9-12-8(6(3)15-9)10(13)14-4/h5,7H,11H2,1-4H3. The topological polar surface area (TPSA) is 65.2 Å². The number of nitrogens with two attached hydrogens (primary N) is 1. The molecule has 0 saturated carbocycles. The van der Waals surface area contributed by atoms with Gasteiger partial charge in [-0.2, -0.15) is 0 Å². The minimum Gasteiger partial charge on any atom is -0.464 e. The highest BCUT2D eigenvalue weighted by Gasteiger charge is 2.20. The van der Waals surface area contributed by atoms with Crippen LogP contribution in [0.5, 0.6) is 0 Å². The highest BCUT2D eigenvalue weighted by Crippen LogP contribution is 2.26. The predicted octanol–water partition coefficient (Wildman–Crippen LogP) is 1.89. The van der Waals surface area contributed by atoms with Crippen molar-refractivity contribution in [3.63, 3.8) is 0 Å². The van der Waals surface area contributed by atoms with Gasteiger partial charge in [-0.05, 0) is 12.8 Å². The van der Waals surface area contributed by atoms with E-state index in [1.165, 1.54) is 18.4 Å². The van der Waals surface area contributed by atoms with E-state index in [0.29, 0.717) is 11.6 Å². The van der Waals surface area contributed by atoms with Crippen molar-refractivity contribution >= 4 is 17.3 Å². The summed E-state index contributed by atoms with van der Waals surface area (Å²) in [4.78, 5) is 16.4. The van der Waals surface area contributed by atoms with E-state index in [1.54, 1.807) is 0 Å². The minimum atomic E-state index is -0.397. The molecule has 1 aromatic rings. The Balaban J connectivity index is 3.00. The number of ether oxygens (including phenoxy) is 1. The van der Waals surface area contributed by atoms with Crippen LogP contribution in [-0.4, -0.2) is 18.1 Å². The van der Waals surface area contributed by atoms with Crippen molar-refractivity contribution in [3.8, 4) is 0 Å². The van der Waals surface area contributed by atoms with Crippen LogP contribution in [0.15, 0.2) is 0 Å². The van der Waals surface area contributed by atoms with Gasteiger partial charge in [0, 0.05) is 4.88 Å². The van der Waals surface area contributed by atoms with Crippen molar-refractivity contribution in [1.82, 2.24) is 4.98 Å². The first-order valence-corrected chi connectivity index (χ1v) is 5.60. The molecule has 1 atom stereocenters. The summed E-state index contributed by atoms with van der Waals surface area (Å²) in [7, 11) is 1.35. The normalized spacial score (nSPS) is 12.9. The Morgan fingerprint density at radius 1 is 1.53 bits per heavy atom. The zero-order valence-corrected chi connectivity index (χ0v) is 10.2. The quantitative estimate of drug-likeness (QED) is 0.802. The fourth-order valence-corrected chi connectivity index (χ4v) is 2.22. The van der Waals surface area contributed by atoms with E-state index in [0.717, 1.165) is 9.88 Å². The number of rotatable bonds is 3. The fraction of sp³-hybridized carbons (Fsp3) is 0.600. The molecule has 2 N–H and O–H groups in total. The first-order valence-electron chi connectivity index (χ1n) is 4.78. The first-order chi connectivity index (χ1) is 6.97. The maximum absolute atomic E-state index is 11.3. The Labute approximate surface area is 93.5 Å². The van der Waals surface area contributed by atoms with Crippen LogP contribution in [0.1, 0.15) is 40.3 Å². The maximum Gasteiger partial charge on any atom is 0.357 e. The molecular weight excluding hydrogens is 212 g/mol. The molecule has 0 aliphatic carbocycles. The summed E-state index contributed by atoms with van der Waals surface area (Å²) in [5.74, 6) is -0.0907. The molecule has 1 aromatic heterocycles. The SMILES string of the molecule is COC(=O)c1nc(C(N)C(C)C)sc1C. The summed E-state index contributed by atoms with van der Waals surface area (Å²) in [6.45, 7) is 5.90. The van der Waals surface area contributed by atoms with Gasteiger partial charge in [0.2, 0.25) is 0 Å². The van der Waals surface area contributed by atoms with E-state index in [9.17, 15) is 4.79 Å². The lowest BCUT2D eigenvalue weighted by atomic mass is 10.1. The van der Waals surface area contributed by atoms with Crippen molar-refractivity contribution in [2.24, 2.45) is 11.7 Å². The monoisotopic (exact) mass is 228 g/mol. The molecule has 15 heavy (non-hydrogen) atoms. The van der Waals surface area contributed by atoms with Gasteiger partial charge in [0.15, 0.2) is 5.69 Å². The molecule has 1 rings (SSSR count). The smallest absolute Gasteiger partial charge is 0.357 e. The highest BCUT2D eigenvalue weighted by molar-refractivity contribution is 7.11. The summed E-state index contributed by atoms with van der Waals surface area (Å²) < 4.78 is 4.64. The van der Waals surface area contributed by atoms with Crippen molar-refractivity contribution in [2.75, 3.05) is 7.11 Å². The number of hydrogen-bond acceptors (Lipinski definition) is 5. The van der Waals surface area contributed by atoms with Crippen molar-refractivity contribution in [3.05, 3.63) is 15.6 Å². The van der Waals surface area contributed by atoms with E-state index >= 15 is 0 Å². The number of thiazole rings is 1. The number of carbonyl (C=O) groups excluding carboxylic acids is 1. The van der Waals surface area contributed by atoms with Crippen LogP contribution in [0, 0.1) is 12.8 Å². The Kier molecular flexibility index (Phi) is 3.82. The van der Waals surface area contributed by atoms with Crippen LogP contribution in [-0.2, 0) is 4.74 Å². The average molecular weight is 228 g/mol. The molecule has 84 valence electrons. The lowest BCUT2D eigenvalue weighted by Crippen LogP contribution is -2.16. The Morgan fingerprint density at radius 3 is 2.60 bits per heavy atom. The summed E-state index contributed by atoms with van der Waals surface area (Å²) in [5.41, 5.74) is 6.34. The lowest BCUT2D eigenvalue weighted by Gasteiger charge is -2.11. The van der Waals surface area contributed by atoms with Crippen LogP contribution in [0.2, 0.25) is 0 Å². The van der Waals surface area contributed by atoms with Crippen LogP contribution in [0.25, 0.3) is 0 Å². The zero-order chi connectivity index (χ0) is 11.6. The molecular formula is C10H16N2O2S. The number of methoxy groups -OCH3 is 1. The van der Waals surface area contributed by atoms with Gasteiger partial charge in [0.25, 0.3) is 0 Å². The lowest BCUT2D eigenvalue weighted by molar-refractivity contribution is 0.0594. The van der Waals surface area contributed by atoms with Gasteiger partial charge in [0.05, 0.1) is 13.2 Å². The summed E-state index contributed by atoms with van der Waals surface area (Å²) in [6.07, 6.45) is 0. The fourth-order valence-electron chi connectivity index (χ4n) is 1.13. The third-order valence-electron chi connectivity index (χ3n) is 2.20. The summed E-state index contributed by atoms with van der Waals surface area (Å²) in [6, 6.07) is -0.118. The third-order valence-corrected chi connectivity index (χ3v) is 3.27. The second kappa shape index (κ2) is 4.72.